The van der Waals surface area contributed by atoms with Crippen LogP contribution in [-0.4, -0.2) is 48.7 Å². The number of halogens is 1. The Bertz CT molecular complexity index is 1280. The van der Waals surface area contributed by atoms with Crippen molar-refractivity contribution in [3.05, 3.63) is 101 Å². The molecule has 0 N–H and O–H groups in total. The first-order chi connectivity index (χ1) is 15.9. The van der Waals surface area contributed by atoms with Crippen molar-refractivity contribution in [3.8, 4) is 5.69 Å². The molecule has 0 bridgehead atoms. The number of allylic oxidation sites excluding steroid dienone is 1. The lowest BCUT2D eigenvalue weighted by molar-refractivity contribution is 0.384. The molecule has 0 saturated carbocycles. The van der Waals surface area contributed by atoms with E-state index in [2.05, 4.69) is 11.7 Å². The number of sulfonamides is 1. The maximum absolute atomic E-state index is 13.3. The van der Waals surface area contributed by atoms with Gasteiger partial charge in [0, 0.05) is 31.7 Å². The van der Waals surface area contributed by atoms with E-state index in [-0.39, 0.29) is 11.3 Å². The van der Waals surface area contributed by atoms with Crippen molar-refractivity contribution in [1.29, 1.82) is 0 Å². The fourth-order valence-electron chi connectivity index (χ4n) is 3.94. The first-order valence-corrected chi connectivity index (χ1v) is 12.2. The zero-order valence-electron chi connectivity index (χ0n) is 18.1. The molecule has 0 aliphatic carbocycles. The van der Waals surface area contributed by atoms with E-state index in [1.54, 1.807) is 24.4 Å². The van der Waals surface area contributed by atoms with Crippen LogP contribution in [0.3, 0.4) is 0 Å². The van der Waals surface area contributed by atoms with Crippen LogP contribution in [0, 0.1) is 5.82 Å². The molecule has 1 aliphatic rings. The molecular weight excluding hydrogens is 443 g/mol. The summed E-state index contributed by atoms with van der Waals surface area (Å²) in [5.74, 6) is -0.431. The Morgan fingerprint density at radius 3 is 2.30 bits per heavy atom. The number of nitrogens with zero attached hydrogens (tertiary/aromatic N) is 4. The highest BCUT2D eigenvalue weighted by Crippen LogP contribution is 2.22. The standard InChI is InChI=1S/C24H25FN4O3S/c1-2-6-22-23(17-26-29(24(22)30)21-11-9-20(25)10-12-21)27-13-15-28(16-14-27)33(31,32)18-19-7-4-3-5-8-19/h2-5,7-12,17H,1,6,13-16,18H2. The van der Waals surface area contributed by atoms with Crippen molar-refractivity contribution in [1.82, 2.24) is 14.1 Å². The van der Waals surface area contributed by atoms with Gasteiger partial charge in [0.15, 0.2) is 0 Å². The second-order valence-electron chi connectivity index (χ2n) is 7.82. The van der Waals surface area contributed by atoms with E-state index in [4.69, 9.17) is 0 Å². The van der Waals surface area contributed by atoms with Gasteiger partial charge in [-0.25, -0.2) is 12.8 Å². The van der Waals surface area contributed by atoms with E-state index in [0.29, 0.717) is 49.5 Å². The molecule has 3 aromatic rings. The van der Waals surface area contributed by atoms with E-state index in [0.717, 1.165) is 5.56 Å². The monoisotopic (exact) mass is 468 g/mol. The normalized spacial score (nSPS) is 14.9. The number of aromatic nitrogens is 2. The molecule has 7 nitrogen and oxygen atoms in total. The smallest absolute Gasteiger partial charge is 0.277 e. The van der Waals surface area contributed by atoms with Gasteiger partial charge in [0.05, 0.1) is 23.3 Å². The average Bonchev–Trinajstić information content (AvgIpc) is 2.82. The van der Waals surface area contributed by atoms with Crippen LogP contribution in [0.5, 0.6) is 0 Å². The molecule has 1 aliphatic heterocycles. The molecular formula is C24H25FN4O3S. The molecule has 0 amide bonds. The Kier molecular flexibility index (Phi) is 6.71. The van der Waals surface area contributed by atoms with Gasteiger partial charge in [0.25, 0.3) is 5.56 Å². The summed E-state index contributed by atoms with van der Waals surface area (Å²) >= 11 is 0. The van der Waals surface area contributed by atoms with Gasteiger partial charge in [0.2, 0.25) is 10.0 Å². The maximum atomic E-state index is 13.3. The minimum Gasteiger partial charge on any atom is -0.367 e. The Morgan fingerprint density at radius 2 is 1.67 bits per heavy atom. The second-order valence-corrected chi connectivity index (χ2v) is 9.79. The number of benzene rings is 2. The Morgan fingerprint density at radius 1 is 1.00 bits per heavy atom. The van der Waals surface area contributed by atoms with Gasteiger partial charge in [0.1, 0.15) is 5.82 Å². The van der Waals surface area contributed by atoms with Crippen molar-refractivity contribution < 1.29 is 12.8 Å². The summed E-state index contributed by atoms with van der Waals surface area (Å²) < 4.78 is 41.7. The Hall–Kier alpha value is -3.30. The van der Waals surface area contributed by atoms with Crippen LogP contribution in [0.4, 0.5) is 10.1 Å². The summed E-state index contributed by atoms with van der Waals surface area (Å²) in [7, 11) is -3.44. The van der Waals surface area contributed by atoms with E-state index in [1.807, 2.05) is 23.1 Å². The van der Waals surface area contributed by atoms with E-state index < -0.39 is 15.8 Å². The van der Waals surface area contributed by atoms with Crippen molar-refractivity contribution in [2.24, 2.45) is 0 Å². The van der Waals surface area contributed by atoms with Gasteiger partial charge in [-0.05, 0) is 36.2 Å². The fraction of sp³-hybridized carbons (Fsp3) is 0.250. The summed E-state index contributed by atoms with van der Waals surface area (Å²) in [5.41, 5.74) is 2.10. The van der Waals surface area contributed by atoms with Gasteiger partial charge in [-0.15, -0.1) is 6.58 Å². The number of hydrogen-bond acceptors (Lipinski definition) is 5. The average molecular weight is 469 g/mol. The molecule has 0 spiro atoms. The minimum absolute atomic E-state index is 0.0369. The van der Waals surface area contributed by atoms with Crippen LogP contribution in [0.2, 0.25) is 0 Å². The summed E-state index contributed by atoms with van der Waals surface area (Å²) in [5, 5.41) is 4.29. The van der Waals surface area contributed by atoms with Crippen LogP contribution in [0.15, 0.2) is 78.2 Å². The highest BCUT2D eigenvalue weighted by atomic mass is 32.2. The third kappa shape index (κ3) is 5.04. The predicted molar refractivity (Wildman–Crippen MR) is 127 cm³/mol. The zero-order chi connectivity index (χ0) is 23.4. The third-order valence-electron chi connectivity index (χ3n) is 5.64. The molecule has 2 aromatic carbocycles. The molecule has 33 heavy (non-hydrogen) atoms. The van der Waals surface area contributed by atoms with E-state index in [1.165, 1.54) is 33.3 Å². The minimum atomic E-state index is -3.44. The molecule has 2 heterocycles. The summed E-state index contributed by atoms with van der Waals surface area (Å²) in [6.45, 7) is 5.29. The van der Waals surface area contributed by atoms with Crippen LogP contribution in [0.25, 0.3) is 5.69 Å². The lowest BCUT2D eigenvalue weighted by atomic mass is 10.1. The van der Waals surface area contributed by atoms with Crippen LogP contribution < -0.4 is 10.5 Å². The summed E-state index contributed by atoms with van der Waals surface area (Å²) in [6.07, 6.45) is 3.60. The van der Waals surface area contributed by atoms with Crippen LogP contribution >= 0.6 is 0 Å². The first kappa shape index (κ1) is 22.9. The molecule has 172 valence electrons. The number of hydrogen-bond donors (Lipinski definition) is 0. The van der Waals surface area contributed by atoms with Gasteiger partial charge in [-0.3, -0.25) is 4.79 Å². The summed E-state index contributed by atoms with van der Waals surface area (Å²) in [6, 6.07) is 14.7. The Balaban J connectivity index is 1.54. The van der Waals surface area contributed by atoms with Gasteiger partial charge in [-0.1, -0.05) is 36.4 Å². The molecule has 1 fully saturated rings. The van der Waals surface area contributed by atoms with Gasteiger partial charge < -0.3 is 4.90 Å². The quantitative estimate of drug-likeness (QED) is 0.499. The molecule has 0 atom stereocenters. The highest BCUT2D eigenvalue weighted by molar-refractivity contribution is 7.88. The SMILES string of the molecule is C=CCc1c(N2CCN(S(=O)(=O)Cc3ccccc3)CC2)cnn(-c2ccc(F)cc2)c1=O. The molecule has 9 heteroatoms. The maximum Gasteiger partial charge on any atom is 0.277 e. The van der Waals surface area contributed by atoms with E-state index in [9.17, 15) is 17.6 Å². The number of piperazine rings is 1. The topological polar surface area (TPSA) is 75.5 Å². The number of rotatable bonds is 7. The van der Waals surface area contributed by atoms with Crippen LogP contribution in [-0.2, 0) is 22.2 Å². The third-order valence-corrected chi connectivity index (χ3v) is 7.49. The second kappa shape index (κ2) is 9.68. The van der Waals surface area contributed by atoms with Crippen molar-refractivity contribution >= 4 is 15.7 Å². The summed E-state index contributed by atoms with van der Waals surface area (Å²) in [4.78, 5) is 15.1. The Labute approximate surface area is 192 Å². The molecule has 0 unspecified atom stereocenters. The molecule has 1 saturated heterocycles. The first-order valence-electron chi connectivity index (χ1n) is 10.6. The lowest BCUT2D eigenvalue weighted by Crippen LogP contribution is -2.49. The largest absolute Gasteiger partial charge is 0.367 e. The van der Waals surface area contributed by atoms with Gasteiger partial charge >= 0.3 is 0 Å². The number of anilines is 1. The van der Waals surface area contributed by atoms with Crippen molar-refractivity contribution in [2.75, 3.05) is 31.1 Å². The lowest BCUT2D eigenvalue weighted by Gasteiger charge is -2.36. The fourth-order valence-corrected chi connectivity index (χ4v) is 5.45. The molecule has 0 radical (unpaired) electrons. The molecule has 1 aromatic heterocycles. The van der Waals surface area contributed by atoms with E-state index >= 15 is 0 Å². The zero-order valence-corrected chi connectivity index (χ0v) is 18.9. The van der Waals surface area contributed by atoms with Crippen molar-refractivity contribution in [3.63, 3.8) is 0 Å². The van der Waals surface area contributed by atoms with Crippen molar-refractivity contribution in [2.45, 2.75) is 12.2 Å². The van der Waals surface area contributed by atoms with Gasteiger partial charge in [-0.2, -0.15) is 14.1 Å². The highest BCUT2D eigenvalue weighted by Gasteiger charge is 2.28. The molecule has 4 rings (SSSR count). The predicted octanol–water partition coefficient (Wildman–Crippen LogP) is 2.75. The van der Waals surface area contributed by atoms with Crippen LogP contribution in [0.1, 0.15) is 11.1 Å².